The fraction of sp³-hybridized carbons (Fsp3) is 0.118. The third kappa shape index (κ3) is 5.34. The molecular weight excluding hydrogens is 317 g/mol. The van der Waals surface area contributed by atoms with Crippen molar-refractivity contribution in [2.24, 2.45) is 0 Å². The number of halogens is 1. The van der Waals surface area contributed by atoms with Gasteiger partial charge < -0.3 is 5.32 Å². The van der Waals surface area contributed by atoms with Crippen LogP contribution >= 0.6 is 0 Å². The number of rotatable bonds is 6. The van der Waals surface area contributed by atoms with Gasteiger partial charge in [-0.3, -0.25) is 4.79 Å². The minimum atomic E-state index is -3.41. The second kappa shape index (κ2) is 7.69. The molecule has 0 fully saturated rings. The van der Waals surface area contributed by atoms with Crippen LogP contribution in [0.15, 0.2) is 65.6 Å². The highest BCUT2D eigenvalue weighted by Crippen LogP contribution is 2.09. The molecule has 120 valence electrons. The van der Waals surface area contributed by atoms with Crippen molar-refractivity contribution in [3.63, 3.8) is 0 Å². The lowest BCUT2D eigenvalue weighted by Gasteiger charge is -2.05. The summed E-state index contributed by atoms with van der Waals surface area (Å²) in [5.74, 6) is -0.928. The fourth-order valence-electron chi connectivity index (χ4n) is 1.86. The molecule has 2 rings (SSSR count). The van der Waals surface area contributed by atoms with Crippen LogP contribution in [0.1, 0.15) is 5.56 Å². The first-order valence-corrected chi connectivity index (χ1v) is 8.62. The van der Waals surface area contributed by atoms with E-state index >= 15 is 0 Å². The molecule has 0 radical (unpaired) electrons. The van der Waals surface area contributed by atoms with E-state index in [1.807, 2.05) is 0 Å². The number of nitrogens with one attached hydrogen (secondary N) is 1. The summed E-state index contributed by atoms with van der Waals surface area (Å²) in [5, 5.41) is 2.51. The number of benzene rings is 2. The van der Waals surface area contributed by atoms with Crippen LogP contribution < -0.4 is 5.32 Å². The van der Waals surface area contributed by atoms with Gasteiger partial charge >= 0.3 is 0 Å². The van der Waals surface area contributed by atoms with E-state index in [1.165, 1.54) is 36.4 Å². The van der Waals surface area contributed by atoms with Crippen LogP contribution in [0.3, 0.4) is 0 Å². The van der Waals surface area contributed by atoms with Crippen LogP contribution in [0, 0.1) is 5.82 Å². The Balaban J connectivity index is 1.84. The zero-order valence-corrected chi connectivity index (χ0v) is 13.1. The van der Waals surface area contributed by atoms with Gasteiger partial charge in [0.1, 0.15) is 5.82 Å². The minimum absolute atomic E-state index is 0.0177. The maximum atomic E-state index is 12.7. The number of amides is 1. The highest BCUT2D eigenvalue weighted by Gasteiger charge is 2.13. The summed E-state index contributed by atoms with van der Waals surface area (Å²) in [5.41, 5.74) is 0.679. The molecule has 1 amide bonds. The van der Waals surface area contributed by atoms with Crippen molar-refractivity contribution in [1.82, 2.24) is 5.32 Å². The molecule has 2 aromatic carbocycles. The Hall–Kier alpha value is -2.47. The Morgan fingerprint density at radius 3 is 2.35 bits per heavy atom. The Morgan fingerprint density at radius 2 is 1.70 bits per heavy atom. The standard InChI is InChI=1S/C17H16FNO3S/c18-15-9-6-14(7-10-15)8-11-17(20)19-12-13-23(21,22)16-4-2-1-3-5-16/h1-11H,12-13H2,(H,19,20)/b11-8+. The van der Waals surface area contributed by atoms with E-state index in [9.17, 15) is 17.6 Å². The molecule has 0 bridgehead atoms. The van der Waals surface area contributed by atoms with Gasteiger partial charge in [-0.1, -0.05) is 30.3 Å². The van der Waals surface area contributed by atoms with E-state index < -0.39 is 15.7 Å². The van der Waals surface area contributed by atoms with E-state index in [0.717, 1.165) is 0 Å². The van der Waals surface area contributed by atoms with Crippen LogP contribution in [-0.4, -0.2) is 26.6 Å². The van der Waals surface area contributed by atoms with Gasteiger partial charge in [-0.15, -0.1) is 0 Å². The Kier molecular flexibility index (Phi) is 5.65. The number of hydrogen-bond donors (Lipinski definition) is 1. The van der Waals surface area contributed by atoms with Crippen LogP contribution in [0.2, 0.25) is 0 Å². The quantitative estimate of drug-likeness (QED) is 0.826. The normalized spacial score (nSPS) is 11.5. The third-order valence-corrected chi connectivity index (χ3v) is 4.80. The molecule has 2 aromatic rings. The molecule has 4 nitrogen and oxygen atoms in total. The highest BCUT2D eigenvalue weighted by atomic mass is 32.2. The topological polar surface area (TPSA) is 63.2 Å². The first kappa shape index (κ1) is 16.9. The van der Waals surface area contributed by atoms with Gasteiger partial charge in [-0.05, 0) is 35.9 Å². The zero-order valence-electron chi connectivity index (χ0n) is 12.3. The molecule has 0 unspecified atom stereocenters. The van der Waals surface area contributed by atoms with Gasteiger partial charge in [0.05, 0.1) is 10.6 Å². The summed E-state index contributed by atoms with van der Waals surface area (Å²) in [4.78, 5) is 11.9. The monoisotopic (exact) mass is 333 g/mol. The Morgan fingerprint density at radius 1 is 1.04 bits per heavy atom. The van der Waals surface area contributed by atoms with Crippen LogP contribution in [-0.2, 0) is 14.6 Å². The van der Waals surface area contributed by atoms with Crippen molar-refractivity contribution < 1.29 is 17.6 Å². The molecule has 0 aliphatic heterocycles. The number of hydrogen-bond acceptors (Lipinski definition) is 3. The van der Waals surface area contributed by atoms with Gasteiger partial charge in [-0.25, -0.2) is 12.8 Å². The number of carbonyl (C=O) groups excluding carboxylic acids is 1. The fourth-order valence-corrected chi connectivity index (χ4v) is 3.04. The highest BCUT2D eigenvalue weighted by molar-refractivity contribution is 7.91. The summed E-state index contributed by atoms with van der Waals surface area (Å²) in [6.07, 6.45) is 2.81. The van der Waals surface area contributed by atoms with Crippen LogP contribution in [0.5, 0.6) is 0 Å². The molecule has 0 aliphatic rings. The SMILES string of the molecule is O=C(/C=C/c1ccc(F)cc1)NCCS(=O)(=O)c1ccccc1. The van der Waals surface area contributed by atoms with Gasteiger partial charge in [0.2, 0.25) is 5.91 Å². The maximum Gasteiger partial charge on any atom is 0.244 e. The first-order valence-electron chi connectivity index (χ1n) is 6.97. The number of carbonyl (C=O) groups is 1. The predicted octanol–water partition coefficient (Wildman–Crippen LogP) is 2.43. The van der Waals surface area contributed by atoms with Crippen molar-refractivity contribution in [2.45, 2.75) is 4.90 Å². The average molecular weight is 333 g/mol. The Bertz CT molecular complexity index is 784. The smallest absolute Gasteiger partial charge is 0.244 e. The lowest BCUT2D eigenvalue weighted by Crippen LogP contribution is -2.27. The third-order valence-electron chi connectivity index (χ3n) is 3.07. The molecular formula is C17H16FNO3S. The summed E-state index contributed by atoms with van der Waals surface area (Å²) >= 11 is 0. The van der Waals surface area contributed by atoms with Crippen molar-refractivity contribution >= 4 is 21.8 Å². The van der Waals surface area contributed by atoms with E-state index in [-0.39, 0.29) is 23.0 Å². The second-order valence-corrected chi connectivity index (χ2v) is 6.92. The lowest BCUT2D eigenvalue weighted by molar-refractivity contribution is -0.116. The second-order valence-electron chi connectivity index (χ2n) is 4.81. The molecule has 0 aliphatic carbocycles. The summed E-state index contributed by atoms with van der Waals surface area (Å²) in [6, 6.07) is 13.7. The summed E-state index contributed by atoms with van der Waals surface area (Å²) in [6.45, 7) is 0.0177. The molecule has 0 saturated heterocycles. The van der Waals surface area contributed by atoms with Crippen molar-refractivity contribution in [3.8, 4) is 0 Å². The maximum absolute atomic E-state index is 12.7. The molecule has 1 N–H and O–H groups in total. The predicted molar refractivity (Wildman–Crippen MR) is 86.9 cm³/mol. The zero-order chi connectivity index (χ0) is 16.7. The van der Waals surface area contributed by atoms with Gasteiger partial charge in [-0.2, -0.15) is 0 Å². The summed E-state index contributed by atoms with van der Waals surface area (Å²) in [7, 11) is -3.41. The van der Waals surface area contributed by atoms with Gasteiger partial charge in [0, 0.05) is 12.6 Å². The van der Waals surface area contributed by atoms with E-state index in [1.54, 1.807) is 30.3 Å². The van der Waals surface area contributed by atoms with Crippen molar-refractivity contribution in [1.29, 1.82) is 0 Å². The molecule has 23 heavy (non-hydrogen) atoms. The molecule has 0 heterocycles. The van der Waals surface area contributed by atoms with Crippen molar-refractivity contribution in [3.05, 3.63) is 72.1 Å². The molecule has 0 saturated carbocycles. The van der Waals surface area contributed by atoms with Crippen molar-refractivity contribution in [2.75, 3.05) is 12.3 Å². The van der Waals surface area contributed by atoms with E-state index in [4.69, 9.17) is 0 Å². The van der Waals surface area contributed by atoms with Gasteiger partial charge in [0.15, 0.2) is 9.84 Å². The Labute approximate surface area is 134 Å². The van der Waals surface area contributed by atoms with Gasteiger partial charge in [0.25, 0.3) is 0 Å². The molecule has 0 aromatic heterocycles. The van der Waals surface area contributed by atoms with Crippen LogP contribution in [0.4, 0.5) is 4.39 Å². The largest absolute Gasteiger partial charge is 0.352 e. The first-order chi connectivity index (χ1) is 11.0. The lowest BCUT2D eigenvalue weighted by atomic mass is 10.2. The van der Waals surface area contributed by atoms with E-state index in [0.29, 0.717) is 5.56 Å². The minimum Gasteiger partial charge on any atom is -0.352 e. The molecule has 0 atom stereocenters. The average Bonchev–Trinajstić information content (AvgIpc) is 2.55. The molecule has 0 spiro atoms. The number of sulfone groups is 1. The molecule has 6 heteroatoms. The summed E-state index contributed by atoms with van der Waals surface area (Å²) < 4.78 is 36.8. The van der Waals surface area contributed by atoms with Crippen LogP contribution in [0.25, 0.3) is 6.08 Å². The van der Waals surface area contributed by atoms with E-state index in [2.05, 4.69) is 5.32 Å².